The lowest BCUT2D eigenvalue weighted by atomic mass is 10.2. The third-order valence-corrected chi connectivity index (χ3v) is 3.91. The Hall–Kier alpha value is -2.96. The van der Waals surface area contributed by atoms with Gasteiger partial charge in [-0.1, -0.05) is 6.07 Å². The largest absolute Gasteiger partial charge is 0.312 e. The molecule has 0 unspecified atom stereocenters. The van der Waals surface area contributed by atoms with E-state index in [-0.39, 0.29) is 11.8 Å². The molecule has 124 valence electrons. The number of rotatable bonds is 4. The fourth-order valence-corrected chi connectivity index (χ4v) is 2.71. The van der Waals surface area contributed by atoms with E-state index >= 15 is 0 Å². The standard InChI is InChI=1S/C17H19N5O2/c1-12-14(11-21(2)20-12)10-18-19-17(24)13-5-3-6-15(9-13)22-8-4-7-16(22)23/h3,5-6,9-11H,4,7-8H2,1-2H3,(H,19,24)/b18-10+. The van der Waals surface area contributed by atoms with Gasteiger partial charge < -0.3 is 4.90 Å². The number of carbonyl (C=O) groups excluding carboxylic acids is 2. The molecule has 1 saturated heterocycles. The summed E-state index contributed by atoms with van der Waals surface area (Å²) < 4.78 is 1.69. The Bertz CT molecular complexity index is 809. The Labute approximate surface area is 140 Å². The van der Waals surface area contributed by atoms with E-state index < -0.39 is 0 Å². The van der Waals surface area contributed by atoms with Crippen molar-refractivity contribution in [1.29, 1.82) is 0 Å². The van der Waals surface area contributed by atoms with Crippen LogP contribution in [-0.2, 0) is 11.8 Å². The molecule has 0 radical (unpaired) electrons. The zero-order chi connectivity index (χ0) is 17.1. The summed E-state index contributed by atoms with van der Waals surface area (Å²) in [5.74, 6) is -0.223. The molecule has 1 fully saturated rings. The van der Waals surface area contributed by atoms with Crippen LogP contribution in [0.25, 0.3) is 0 Å². The van der Waals surface area contributed by atoms with Gasteiger partial charge in [-0.2, -0.15) is 10.2 Å². The fraction of sp³-hybridized carbons (Fsp3) is 0.294. The summed E-state index contributed by atoms with van der Waals surface area (Å²) in [7, 11) is 1.83. The highest BCUT2D eigenvalue weighted by Crippen LogP contribution is 2.22. The van der Waals surface area contributed by atoms with E-state index in [1.807, 2.05) is 26.2 Å². The van der Waals surface area contributed by atoms with Crippen LogP contribution in [0.2, 0.25) is 0 Å². The summed E-state index contributed by atoms with van der Waals surface area (Å²) in [6.45, 7) is 2.57. The molecule has 2 aromatic rings. The van der Waals surface area contributed by atoms with Crippen molar-refractivity contribution < 1.29 is 9.59 Å². The van der Waals surface area contributed by atoms with Crippen LogP contribution in [0.15, 0.2) is 35.6 Å². The summed E-state index contributed by atoms with van der Waals surface area (Å²) in [5, 5.41) is 8.18. The van der Waals surface area contributed by atoms with E-state index in [0.717, 1.165) is 23.4 Å². The second-order valence-electron chi connectivity index (χ2n) is 5.74. The van der Waals surface area contributed by atoms with Gasteiger partial charge in [-0.3, -0.25) is 14.3 Å². The zero-order valence-electron chi connectivity index (χ0n) is 13.7. The lowest BCUT2D eigenvalue weighted by molar-refractivity contribution is -0.117. The first-order valence-corrected chi connectivity index (χ1v) is 7.78. The van der Waals surface area contributed by atoms with Gasteiger partial charge in [-0.25, -0.2) is 5.43 Å². The molecule has 0 spiro atoms. The van der Waals surface area contributed by atoms with Crippen LogP contribution in [0, 0.1) is 6.92 Å². The molecule has 7 heteroatoms. The molecular weight excluding hydrogens is 306 g/mol. The predicted octanol–water partition coefficient (Wildman–Crippen LogP) is 1.62. The van der Waals surface area contributed by atoms with E-state index in [9.17, 15) is 9.59 Å². The number of hydrogen-bond donors (Lipinski definition) is 1. The smallest absolute Gasteiger partial charge is 0.271 e. The Balaban J connectivity index is 1.69. The first-order chi connectivity index (χ1) is 11.5. The number of aryl methyl sites for hydroxylation is 2. The summed E-state index contributed by atoms with van der Waals surface area (Å²) in [6.07, 6.45) is 4.80. The van der Waals surface area contributed by atoms with Crippen molar-refractivity contribution in [3.05, 3.63) is 47.3 Å². The minimum absolute atomic E-state index is 0.0950. The SMILES string of the molecule is Cc1nn(C)cc1/C=N/NC(=O)c1cccc(N2CCCC2=O)c1. The first-order valence-electron chi connectivity index (χ1n) is 7.78. The molecule has 1 aliphatic heterocycles. The maximum atomic E-state index is 12.2. The van der Waals surface area contributed by atoms with Crippen LogP contribution in [0.1, 0.15) is 34.5 Å². The highest BCUT2D eigenvalue weighted by Gasteiger charge is 2.22. The third-order valence-electron chi connectivity index (χ3n) is 3.91. The van der Waals surface area contributed by atoms with Gasteiger partial charge >= 0.3 is 0 Å². The van der Waals surface area contributed by atoms with Gasteiger partial charge in [0.15, 0.2) is 0 Å². The van der Waals surface area contributed by atoms with Gasteiger partial charge in [-0.05, 0) is 31.5 Å². The Morgan fingerprint density at radius 1 is 1.42 bits per heavy atom. The summed E-state index contributed by atoms with van der Waals surface area (Å²) >= 11 is 0. The number of benzene rings is 1. The minimum atomic E-state index is -0.318. The van der Waals surface area contributed by atoms with E-state index in [1.165, 1.54) is 0 Å². The van der Waals surface area contributed by atoms with Gasteiger partial charge in [0.2, 0.25) is 5.91 Å². The van der Waals surface area contributed by atoms with E-state index in [2.05, 4.69) is 15.6 Å². The average molecular weight is 325 g/mol. The molecule has 1 aromatic carbocycles. The van der Waals surface area contributed by atoms with Crippen LogP contribution in [0.3, 0.4) is 0 Å². The van der Waals surface area contributed by atoms with Crippen LogP contribution in [0.4, 0.5) is 5.69 Å². The maximum absolute atomic E-state index is 12.2. The Morgan fingerprint density at radius 3 is 2.92 bits per heavy atom. The lowest BCUT2D eigenvalue weighted by Crippen LogP contribution is -2.24. The molecule has 1 aromatic heterocycles. The van der Waals surface area contributed by atoms with Crippen LogP contribution < -0.4 is 10.3 Å². The molecule has 1 aliphatic rings. The molecule has 0 atom stereocenters. The summed E-state index contributed by atoms with van der Waals surface area (Å²) in [5.41, 5.74) is 5.40. The molecule has 0 saturated carbocycles. The summed E-state index contributed by atoms with van der Waals surface area (Å²) in [4.78, 5) is 25.7. The molecular formula is C17H19N5O2. The number of hydrazone groups is 1. The number of nitrogens with zero attached hydrogens (tertiary/aromatic N) is 4. The Morgan fingerprint density at radius 2 is 2.25 bits per heavy atom. The van der Waals surface area contributed by atoms with Gasteiger partial charge in [0.25, 0.3) is 5.91 Å². The molecule has 3 rings (SSSR count). The lowest BCUT2D eigenvalue weighted by Gasteiger charge is -2.16. The quantitative estimate of drug-likeness (QED) is 0.685. The van der Waals surface area contributed by atoms with E-state index in [1.54, 1.807) is 34.0 Å². The van der Waals surface area contributed by atoms with Crippen molar-refractivity contribution in [1.82, 2.24) is 15.2 Å². The average Bonchev–Trinajstić information content (AvgIpc) is 3.12. The molecule has 2 heterocycles. The molecule has 0 aliphatic carbocycles. The predicted molar refractivity (Wildman–Crippen MR) is 91.0 cm³/mol. The van der Waals surface area contributed by atoms with Crippen molar-refractivity contribution in [2.24, 2.45) is 12.1 Å². The van der Waals surface area contributed by atoms with Gasteiger partial charge in [0, 0.05) is 43.0 Å². The van der Waals surface area contributed by atoms with Crippen LogP contribution >= 0.6 is 0 Å². The fourth-order valence-electron chi connectivity index (χ4n) is 2.71. The minimum Gasteiger partial charge on any atom is -0.312 e. The van der Waals surface area contributed by atoms with Crippen molar-refractivity contribution >= 4 is 23.7 Å². The first kappa shape index (κ1) is 15.9. The van der Waals surface area contributed by atoms with Crippen molar-refractivity contribution in [3.8, 4) is 0 Å². The molecule has 1 N–H and O–H groups in total. The topological polar surface area (TPSA) is 79.6 Å². The normalized spacial score (nSPS) is 14.6. The van der Waals surface area contributed by atoms with Crippen LogP contribution in [-0.4, -0.2) is 34.4 Å². The van der Waals surface area contributed by atoms with Gasteiger partial charge in [0.05, 0.1) is 11.9 Å². The van der Waals surface area contributed by atoms with Crippen molar-refractivity contribution in [3.63, 3.8) is 0 Å². The van der Waals surface area contributed by atoms with Gasteiger partial charge in [0.1, 0.15) is 0 Å². The molecule has 7 nitrogen and oxygen atoms in total. The monoisotopic (exact) mass is 325 g/mol. The molecule has 2 amide bonds. The highest BCUT2D eigenvalue weighted by molar-refractivity contribution is 5.99. The number of amides is 2. The third kappa shape index (κ3) is 3.34. The summed E-state index contributed by atoms with van der Waals surface area (Å²) in [6, 6.07) is 7.01. The number of hydrogen-bond acceptors (Lipinski definition) is 4. The second-order valence-corrected chi connectivity index (χ2v) is 5.74. The number of anilines is 1. The van der Waals surface area contributed by atoms with Crippen molar-refractivity contribution in [2.75, 3.05) is 11.4 Å². The van der Waals surface area contributed by atoms with E-state index in [4.69, 9.17) is 0 Å². The highest BCUT2D eigenvalue weighted by atomic mass is 16.2. The number of aromatic nitrogens is 2. The Kier molecular flexibility index (Phi) is 4.41. The molecule has 24 heavy (non-hydrogen) atoms. The molecule has 0 bridgehead atoms. The number of carbonyl (C=O) groups is 2. The second kappa shape index (κ2) is 6.66. The van der Waals surface area contributed by atoms with Gasteiger partial charge in [-0.15, -0.1) is 0 Å². The van der Waals surface area contributed by atoms with Crippen LogP contribution in [0.5, 0.6) is 0 Å². The number of nitrogens with one attached hydrogen (secondary N) is 1. The van der Waals surface area contributed by atoms with E-state index in [0.29, 0.717) is 18.5 Å². The van der Waals surface area contributed by atoms with Crippen molar-refractivity contribution in [2.45, 2.75) is 19.8 Å². The maximum Gasteiger partial charge on any atom is 0.271 e. The zero-order valence-corrected chi connectivity index (χ0v) is 13.7.